The van der Waals surface area contributed by atoms with Gasteiger partial charge in [-0.3, -0.25) is 4.79 Å². The van der Waals surface area contributed by atoms with Crippen LogP contribution in [-0.2, 0) is 4.79 Å². The van der Waals surface area contributed by atoms with Gasteiger partial charge in [0.15, 0.2) is 0 Å². The lowest BCUT2D eigenvalue weighted by molar-refractivity contribution is -0.140. The molecular formula is C14H26ClN3O2. The van der Waals surface area contributed by atoms with Gasteiger partial charge < -0.3 is 14.7 Å². The normalized spacial score (nSPS) is 16.2. The number of hydrogen-bond acceptors (Lipinski definition) is 2. The number of alkyl halides is 1. The summed E-state index contributed by atoms with van der Waals surface area (Å²) in [5, 5.41) is 0. The van der Waals surface area contributed by atoms with Crippen molar-refractivity contribution in [2.75, 3.05) is 45.1 Å². The molecule has 0 atom stereocenters. The third kappa shape index (κ3) is 3.78. The Bertz CT molecular complexity index is 348. The number of halogens is 1. The largest absolute Gasteiger partial charge is 0.339 e. The molecule has 116 valence electrons. The van der Waals surface area contributed by atoms with Crippen LogP contribution in [0.3, 0.4) is 0 Å². The molecular weight excluding hydrogens is 278 g/mol. The molecule has 0 saturated carbocycles. The average Bonchev–Trinajstić information content (AvgIpc) is 2.47. The van der Waals surface area contributed by atoms with Gasteiger partial charge in [0.25, 0.3) is 0 Å². The molecule has 0 radical (unpaired) electrons. The first-order valence-corrected chi connectivity index (χ1v) is 7.80. The first-order valence-electron chi connectivity index (χ1n) is 7.26. The lowest BCUT2D eigenvalue weighted by Crippen LogP contribution is -2.56. The number of carbonyl (C=O) groups is 2. The molecule has 1 fully saturated rings. The molecule has 20 heavy (non-hydrogen) atoms. The van der Waals surface area contributed by atoms with E-state index in [9.17, 15) is 9.59 Å². The molecule has 0 N–H and O–H groups in total. The number of amides is 3. The van der Waals surface area contributed by atoms with Gasteiger partial charge in [-0.2, -0.15) is 0 Å². The summed E-state index contributed by atoms with van der Waals surface area (Å²) >= 11 is 5.85. The zero-order valence-electron chi connectivity index (χ0n) is 13.0. The van der Waals surface area contributed by atoms with E-state index in [-0.39, 0.29) is 11.9 Å². The van der Waals surface area contributed by atoms with Crippen molar-refractivity contribution >= 4 is 23.5 Å². The van der Waals surface area contributed by atoms with Crippen molar-refractivity contribution in [1.82, 2.24) is 14.7 Å². The molecule has 1 aliphatic rings. The molecule has 0 bridgehead atoms. The second kappa shape index (κ2) is 7.16. The first-order chi connectivity index (χ1) is 9.37. The summed E-state index contributed by atoms with van der Waals surface area (Å²) in [6, 6.07) is 0.0682. The maximum atomic E-state index is 12.3. The summed E-state index contributed by atoms with van der Waals surface area (Å²) in [5.41, 5.74) is -0.535. The number of nitrogens with zero attached hydrogens (tertiary/aromatic N) is 3. The summed E-state index contributed by atoms with van der Waals surface area (Å²) in [5.74, 6) is 0.382. The van der Waals surface area contributed by atoms with Crippen LogP contribution in [0, 0.1) is 5.41 Å². The minimum atomic E-state index is -0.535. The zero-order valence-corrected chi connectivity index (χ0v) is 13.7. The lowest BCUT2D eigenvalue weighted by atomic mass is 9.94. The average molecular weight is 304 g/mol. The predicted octanol–water partition coefficient (Wildman–Crippen LogP) is 1.86. The van der Waals surface area contributed by atoms with Gasteiger partial charge in [-0.25, -0.2) is 4.79 Å². The second-order valence-electron chi connectivity index (χ2n) is 5.75. The van der Waals surface area contributed by atoms with Crippen molar-refractivity contribution in [2.24, 2.45) is 5.41 Å². The van der Waals surface area contributed by atoms with Crippen molar-refractivity contribution in [3.8, 4) is 0 Å². The van der Waals surface area contributed by atoms with Crippen LogP contribution in [0.1, 0.15) is 27.7 Å². The van der Waals surface area contributed by atoms with Gasteiger partial charge in [-0.1, -0.05) is 0 Å². The van der Waals surface area contributed by atoms with Gasteiger partial charge in [-0.15, -0.1) is 11.6 Å². The van der Waals surface area contributed by atoms with Crippen LogP contribution < -0.4 is 0 Å². The molecule has 3 amide bonds. The standard InChI is InChI=1S/C14H26ClN3O2/c1-5-16(6-2)13(20)18-9-7-17(8-10-18)12(19)14(3,4)11-15/h5-11H2,1-4H3. The number of carbonyl (C=O) groups excluding carboxylic acids is 2. The van der Waals surface area contributed by atoms with Crippen LogP contribution in [0.5, 0.6) is 0 Å². The van der Waals surface area contributed by atoms with Gasteiger partial charge in [0.1, 0.15) is 0 Å². The highest BCUT2D eigenvalue weighted by atomic mass is 35.5. The van der Waals surface area contributed by atoms with Gasteiger partial charge >= 0.3 is 6.03 Å². The van der Waals surface area contributed by atoms with E-state index in [1.165, 1.54) is 0 Å². The number of urea groups is 1. The fourth-order valence-corrected chi connectivity index (χ4v) is 2.39. The Morgan fingerprint density at radius 2 is 1.50 bits per heavy atom. The van der Waals surface area contributed by atoms with E-state index in [1.54, 1.807) is 4.90 Å². The Morgan fingerprint density at radius 3 is 1.90 bits per heavy atom. The third-order valence-electron chi connectivity index (χ3n) is 3.78. The van der Waals surface area contributed by atoms with E-state index in [1.807, 2.05) is 37.5 Å². The molecule has 0 aromatic rings. The van der Waals surface area contributed by atoms with Gasteiger partial charge in [0.05, 0.1) is 5.41 Å². The van der Waals surface area contributed by atoms with Crippen molar-refractivity contribution in [2.45, 2.75) is 27.7 Å². The maximum Gasteiger partial charge on any atom is 0.320 e. The Kier molecular flexibility index (Phi) is 6.11. The quantitative estimate of drug-likeness (QED) is 0.744. The molecule has 0 unspecified atom stereocenters. The van der Waals surface area contributed by atoms with Crippen LogP contribution in [0.15, 0.2) is 0 Å². The molecule has 0 aromatic carbocycles. The van der Waals surface area contributed by atoms with Crippen LogP contribution in [0.2, 0.25) is 0 Å². The van der Waals surface area contributed by atoms with E-state index in [0.29, 0.717) is 45.1 Å². The minimum absolute atomic E-state index is 0.0682. The van der Waals surface area contributed by atoms with E-state index in [0.717, 1.165) is 0 Å². The highest BCUT2D eigenvalue weighted by Crippen LogP contribution is 2.21. The molecule has 5 nitrogen and oxygen atoms in total. The van der Waals surface area contributed by atoms with Crippen LogP contribution in [0.25, 0.3) is 0 Å². The Morgan fingerprint density at radius 1 is 1.05 bits per heavy atom. The van der Waals surface area contributed by atoms with Crippen molar-refractivity contribution in [3.05, 3.63) is 0 Å². The Hall–Kier alpha value is -0.970. The van der Waals surface area contributed by atoms with E-state index < -0.39 is 5.41 Å². The monoisotopic (exact) mass is 303 g/mol. The highest BCUT2D eigenvalue weighted by molar-refractivity contribution is 6.19. The topological polar surface area (TPSA) is 43.9 Å². The van der Waals surface area contributed by atoms with Crippen LogP contribution in [-0.4, -0.2) is 71.8 Å². The fraction of sp³-hybridized carbons (Fsp3) is 0.857. The first kappa shape index (κ1) is 17.1. The molecule has 0 spiro atoms. The molecule has 0 aliphatic carbocycles. The third-order valence-corrected chi connectivity index (χ3v) is 4.45. The minimum Gasteiger partial charge on any atom is -0.339 e. The second-order valence-corrected chi connectivity index (χ2v) is 6.02. The SMILES string of the molecule is CCN(CC)C(=O)N1CCN(C(=O)C(C)(C)CCl)CC1. The summed E-state index contributed by atoms with van der Waals surface area (Å²) in [7, 11) is 0. The number of hydrogen-bond donors (Lipinski definition) is 0. The van der Waals surface area contributed by atoms with E-state index in [2.05, 4.69) is 0 Å². The summed E-state index contributed by atoms with van der Waals surface area (Å²) in [6.45, 7) is 11.5. The molecule has 1 saturated heterocycles. The van der Waals surface area contributed by atoms with Gasteiger partial charge in [0, 0.05) is 45.1 Å². The summed E-state index contributed by atoms with van der Waals surface area (Å²) in [4.78, 5) is 30.0. The maximum absolute atomic E-state index is 12.3. The highest BCUT2D eigenvalue weighted by Gasteiger charge is 2.34. The Labute approximate surface area is 126 Å². The molecule has 0 aromatic heterocycles. The lowest BCUT2D eigenvalue weighted by Gasteiger charge is -2.39. The van der Waals surface area contributed by atoms with Gasteiger partial charge in [0.2, 0.25) is 5.91 Å². The smallest absolute Gasteiger partial charge is 0.320 e. The zero-order chi connectivity index (χ0) is 15.3. The van der Waals surface area contributed by atoms with E-state index >= 15 is 0 Å². The number of rotatable bonds is 4. The summed E-state index contributed by atoms with van der Waals surface area (Å²) in [6.07, 6.45) is 0. The van der Waals surface area contributed by atoms with E-state index in [4.69, 9.17) is 11.6 Å². The molecule has 1 rings (SSSR count). The fourth-order valence-electron chi connectivity index (χ4n) is 2.28. The predicted molar refractivity (Wildman–Crippen MR) is 81.0 cm³/mol. The number of piperazine rings is 1. The summed E-state index contributed by atoms with van der Waals surface area (Å²) < 4.78 is 0. The van der Waals surface area contributed by atoms with Crippen LogP contribution >= 0.6 is 11.6 Å². The molecule has 1 heterocycles. The van der Waals surface area contributed by atoms with Crippen LogP contribution in [0.4, 0.5) is 4.79 Å². The Balaban J connectivity index is 2.56. The van der Waals surface area contributed by atoms with Gasteiger partial charge in [-0.05, 0) is 27.7 Å². The van der Waals surface area contributed by atoms with Crippen molar-refractivity contribution in [1.29, 1.82) is 0 Å². The van der Waals surface area contributed by atoms with Crippen molar-refractivity contribution < 1.29 is 9.59 Å². The molecule has 1 aliphatic heterocycles. The van der Waals surface area contributed by atoms with Crippen molar-refractivity contribution in [3.63, 3.8) is 0 Å². The molecule has 6 heteroatoms.